The van der Waals surface area contributed by atoms with Crippen LogP contribution >= 0.6 is 11.6 Å². The lowest BCUT2D eigenvalue weighted by molar-refractivity contribution is 0.0949. The SMILES string of the molecule is COc1ccc(Cl)cc1NS(=O)(=O)c1cccc(C(=O)NCC(C)C)c1. The summed E-state index contributed by atoms with van der Waals surface area (Å²) in [4.78, 5) is 12.1. The quantitative estimate of drug-likeness (QED) is 0.749. The normalized spacial score (nSPS) is 11.3. The third-order valence-electron chi connectivity index (χ3n) is 3.48. The van der Waals surface area contributed by atoms with E-state index in [4.69, 9.17) is 16.3 Å². The van der Waals surface area contributed by atoms with E-state index in [1.807, 2.05) is 13.8 Å². The van der Waals surface area contributed by atoms with Crippen LogP contribution in [0.25, 0.3) is 0 Å². The van der Waals surface area contributed by atoms with E-state index in [2.05, 4.69) is 10.0 Å². The Hall–Kier alpha value is -2.25. The first kappa shape index (κ1) is 20.1. The highest BCUT2D eigenvalue weighted by Gasteiger charge is 2.18. The van der Waals surface area contributed by atoms with Crippen molar-refractivity contribution < 1.29 is 17.9 Å². The van der Waals surface area contributed by atoms with Crippen molar-refractivity contribution >= 4 is 33.2 Å². The second-order valence-corrected chi connectivity index (χ2v) is 8.20. The second-order valence-electron chi connectivity index (χ2n) is 6.08. The lowest BCUT2D eigenvalue weighted by Gasteiger charge is -2.13. The maximum atomic E-state index is 12.7. The molecule has 0 aliphatic carbocycles. The summed E-state index contributed by atoms with van der Waals surface area (Å²) in [6.45, 7) is 4.46. The molecule has 2 aromatic carbocycles. The summed E-state index contributed by atoms with van der Waals surface area (Å²) >= 11 is 5.93. The average Bonchev–Trinajstić information content (AvgIpc) is 2.59. The molecule has 0 aliphatic rings. The Kier molecular flexibility index (Phi) is 6.50. The molecule has 140 valence electrons. The number of hydrogen-bond acceptors (Lipinski definition) is 4. The summed E-state index contributed by atoms with van der Waals surface area (Å²) in [5.41, 5.74) is 0.487. The first-order valence-electron chi connectivity index (χ1n) is 7.97. The molecule has 0 atom stereocenters. The summed E-state index contributed by atoms with van der Waals surface area (Å²) in [6.07, 6.45) is 0. The molecule has 2 aromatic rings. The zero-order valence-electron chi connectivity index (χ0n) is 14.7. The minimum atomic E-state index is -3.92. The van der Waals surface area contributed by atoms with Crippen LogP contribution in [0.4, 0.5) is 5.69 Å². The molecule has 0 radical (unpaired) electrons. The van der Waals surface area contributed by atoms with Crippen molar-refractivity contribution in [1.29, 1.82) is 0 Å². The van der Waals surface area contributed by atoms with Crippen molar-refractivity contribution in [3.63, 3.8) is 0 Å². The molecule has 0 saturated heterocycles. The maximum absolute atomic E-state index is 12.7. The molecule has 0 fully saturated rings. The van der Waals surface area contributed by atoms with Crippen LogP contribution in [0.2, 0.25) is 5.02 Å². The van der Waals surface area contributed by atoms with Gasteiger partial charge in [0.25, 0.3) is 15.9 Å². The number of hydrogen-bond donors (Lipinski definition) is 2. The van der Waals surface area contributed by atoms with Crippen molar-refractivity contribution in [2.45, 2.75) is 18.7 Å². The second kappa shape index (κ2) is 8.42. The fraction of sp³-hybridized carbons (Fsp3) is 0.278. The predicted molar refractivity (Wildman–Crippen MR) is 102 cm³/mol. The van der Waals surface area contributed by atoms with Gasteiger partial charge < -0.3 is 10.1 Å². The number of carbonyl (C=O) groups excluding carboxylic acids is 1. The number of carbonyl (C=O) groups is 1. The van der Waals surface area contributed by atoms with E-state index in [0.717, 1.165) is 0 Å². The van der Waals surface area contributed by atoms with Gasteiger partial charge >= 0.3 is 0 Å². The first-order chi connectivity index (χ1) is 12.2. The van der Waals surface area contributed by atoms with E-state index in [0.29, 0.717) is 23.2 Å². The smallest absolute Gasteiger partial charge is 0.262 e. The van der Waals surface area contributed by atoms with Crippen molar-refractivity contribution in [3.8, 4) is 5.75 Å². The maximum Gasteiger partial charge on any atom is 0.262 e. The van der Waals surface area contributed by atoms with Crippen LogP contribution in [-0.4, -0.2) is 28.0 Å². The summed E-state index contributed by atoms with van der Waals surface area (Å²) in [5.74, 6) is 0.308. The Bertz CT molecular complexity index is 898. The van der Waals surface area contributed by atoms with Gasteiger partial charge in [0.15, 0.2) is 0 Å². The van der Waals surface area contributed by atoms with Crippen LogP contribution in [0.1, 0.15) is 24.2 Å². The van der Waals surface area contributed by atoms with Gasteiger partial charge in [0.2, 0.25) is 0 Å². The lowest BCUT2D eigenvalue weighted by atomic mass is 10.2. The van der Waals surface area contributed by atoms with Crippen molar-refractivity contribution in [1.82, 2.24) is 5.32 Å². The van der Waals surface area contributed by atoms with E-state index in [9.17, 15) is 13.2 Å². The molecular weight excluding hydrogens is 376 g/mol. The van der Waals surface area contributed by atoms with Gasteiger partial charge in [0, 0.05) is 17.1 Å². The van der Waals surface area contributed by atoms with Gasteiger partial charge in [-0.15, -0.1) is 0 Å². The van der Waals surface area contributed by atoms with E-state index >= 15 is 0 Å². The number of amides is 1. The molecule has 0 unspecified atom stereocenters. The van der Waals surface area contributed by atoms with Gasteiger partial charge in [-0.25, -0.2) is 8.42 Å². The highest BCUT2D eigenvalue weighted by atomic mass is 35.5. The number of benzene rings is 2. The number of ether oxygens (including phenoxy) is 1. The monoisotopic (exact) mass is 396 g/mol. The molecule has 2 rings (SSSR count). The summed E-state index contributed by atoms with van der Waals surface area (Å²) in [5, 5.41) is 3.13. The molecule has 6 nitrogen and oxygen atoms in total. The molecule has 1 amide bonds. The van der Waals surface area contributed by atoms with E-state index in [1.165, 1.54) is 31.4 Å². The molecule has 0 aliphatic heterocycles. The van der Waals surface area contributed by atoms with Gasteiger partial charge in [-0.05, 0) is 42.3 Å². The van der Waals surface area contributed by atoms with E-state index in [-0.39, 0.29) is 22.1 Å². The van der Waals surface area contributed by atoms with Gasteiger partial charge in [0.1, 0.15) is 5.75 Å². The number of nitrogens with one attached hydrogen (secondary N) is 2. The van der Waals surface area contributed by atoms with Crippen molar-refractivity contribution in [3.05, 3.63) is 53.1 Å². The van der Waals surface area contributed by atoms with Gasteiger partial charge in [0.05, 0.1) is 17.7 Å². The zero-order valence-corrected chi connectivity index (χ0v) is 16.3. The fourth-order valence-corrected chi connectivity index (χ4v) is 3.45. The molecule has 0 saturated carbocycles. The molecule has 8 heteroatoms. The van der Waals surface area contributed by atoms with Gasteiger partial charge in [-0.2, -0.15) is 0 Å². The third kappa shape index (κ3) is 5.12. The largest absolute Gasteiger partial charge is 0.495 e. The van der Waals surface area contributed by atoms with Gasteiger partial charge in [-0.3, -0.25) is 9.52 Å². The first-order valence-corrected chi connectivity index (χ1v) is 9.83. The average molecular weight is 397 g/mol. The highest BCUT2D eigenvalue weighted by molar-refractivity contribution is 7.92. The van der Waals surface area contributed by atoms with Crippen molar-refractivity contribution in [2.24, 2.45) is 5.92 Å². The van der Waals surface area contributed by atoms with Crippen LogP contribution in [0.15, 0.2) is 47.4 Å². The number of rotatable bonds is 7. The van der Waals surface area contributed by atoms with Crippen molar-refractivity contribution in [2.75, 3.05) is 18.4 Å². The predicted octanol–water partition coefficient (Wildman–Crippen LogP) is 3.54. The van der Waals surface area contributed by atoms with Crippen LogP contribution in [0.5, 0.6) is 5.75 Å². The van der Waals surface area contributed by atoms with Gasteiger partial charge in [-0.1, -0.05) is 31.5 Å². The topological polar surface area (TPSA) is 84.5 Å². The minimum absolute atomic E-state index is 0.0308. The number of methoxy groups -OCH3 is 1. The Labute approximate surface area is 158 Å². The highest BCUT2D eigenvalue weighted by Crippen LogP contribution is 2.29. The van der Waals surface area contributed by atoms with Crippen LogP contribution in [-0.2, 0) is 10.0 Å². The van der Waals surface area contributed by atoms with Crippen LogP contribution in [0.3, 0.4) is 0 Å². The molecule has 0 spiro atoms. The summed E-state index contributed by atoms with van der Waals surface area (Å²) < 4.78 is 33.0. The van der Waals surface area contributed by atoms with Crippen LogP contribution < -0.4 is 14.8 Å². The number of anilines is 1. The Morgan fingerprint density at radius 3 is 2.58 bits per heavy atom. The molecule has 0 bridgehead atoms. The molecule has 26 heavy (non-hydrogen) atoms. The number of halogens is 1. The summed E-state index contributed by atoms with van der Waals surface area (Å²) in [7, 11) is -2.49. The fourth-order valence-electron chi connectivity index (χ4n) is 2.17. The Morgan fingerprint density at radius 2 is 1.92 bits per heavy atom. The standard InChI is InChI=1S/C18H21ClN2O4S/c1-12(2)11-20-18(22)13-5-4-6-15(9-13)26(23,24)21-16-10-14(19)7-8-17(16)25-3/h4-10,12,21H,11H2,1-3H3,(H,20,22). The lowest BCUT2D eigenvalue weighted by Crippen LogP contribution is -2.27. The molecule has 2 N–H and O–H groups in total. The van der Waals surface area contributed by atoms with E-state index in [1.54, 1.807) is 18.2 Å². The minimum Gasteiger partial charge on any atom is -0.495 e. The molecule has 0 heterocycles. The Morgan fingerprint density at radius 1 is 1.19 bits per heavy atom. The summed E-state index contributed by atoms with van der Waals surface area (Å²) in [6, 6.07) is 10.4. The third-order valence-corrected chi connectivity index (χ3v) is 5.08. The Balaban J connectivity index is 2.28. The number of sulfonamides is 1. The van der Waals surface area contributed by atoms with E-state index < -0.39 is 10.0 Å². The zero-order chi connectivity index (χ0) is 19.3. The molecule has 0 aromatic heterocycles. The molecular formula is C18H21ClN2O4S. The van der Waals surface area contributed by atoms with Crippen LogP contribution in [0, 0.1) is 5.92 Å².